The Balaban J connectivity index is 0.000000140. The number of pyridine rings is 4. The Labute approximate surface area is 519 Å². The number of imidazole rings is 1. The van der Waals surface area contributed by atoms with Crippen molar-refractivity contribution in [1.29, 1.82) is 0 Å². The molecule has 0 N–H and O–H groups in total. The van der Waals surface area contributed by atoms with Crippen molar-refractivity contribution in [1.82, 2.24) is 38.1 Å². The average molecular weight is 1190 g/mol. The highest BCUT2D eigenvalue weighted by Gasteiger charge is 2.30. The van der Waals surface area contributed by atoms with Crippen LogP contribution in [-0.2, 0) is 77.5 Å². The Morgan fingerprint density at radius 1 is 0.443 bits per heavy atom. The topological polar surface area (TPSA) is 103 Å². The van der Waals surface area contributed by atoms with E-state index in [1.165, 1.54) is 51.0 Å². The Morgan fingerprint density at radius 3 is 1.32 bits per heavy atom. The Bertz CT molecular complexity index is 4300. The molecule has 12 rings (SSSR count). The summed E-state index contributed by atoms with van der Waals surface area (Å²) in [5.74, 6) is 2.99. The second kappa shape index (κ2) is 26.5. The molecule has 0 saturated carbocycles. The van der Waals surface area contributed by atoms with Crippen LogP contribution in [-0.4, -0.2) is 38.1 Å². The molecule has 1 aromatic carbocycles. The maximum absolute atomic E-state index is 5.59. The lowest BCUT2D eigenvalue weighted by Crippen LogP contribution is -2.46. The van der Waals surface area contributed by atoms with Gasteiger partial charge in [-0.2, -0.15) is 28.0 Å². The van der Waals surface area contributed by atoms with E-state index in [0.29, 0.717) is 18.1 Å². The molecule has 0 fully saturated rings. The fourth-order valence-electron chi connectivity index (χ4n) is 11.8. The smallest absolute Gasteiger partial charge is 0.402 e. The number of rotatable bonds is 11. The molecule has 18 heteroatoms. The lowest BCUT2D eigenvalue weighted by atomic mass is 10.0. The molecular weight excluding hydrogens is 1090 g/mol. The normalized spacial score (nSPS) is 11.3. The Hall–Kier alpha value is -9.71. The van der Waals surface area contributed by atoms with Crippen LogP contribution in [0.4, 0.5) is 0 Å². The van der Waals surface area contributed by atoms with Crippen molar-refractivity contribution in [3.63, 3.8) is 0 Å². The minimum Gasteiger partial charge on any atom is -0.402 e. The van der Waals surface area contributed by atoms with E-state index in [1.54, 1.807) is 6.26 Å². The molecule has 11 heterocycles. The van der Waals surface area contributed by atoms with E-state index in [-0.39, 0.29) is 0 Å². The van der Waals surface area contributed by atoms with Crippen molar-refractivity contribution < 1.29 is 46.0 Å². The van der Waals surface area contributed by atoms with Crippen molar-refractivity contribution >= 4 is 0 Å². The van der Waals surface area contributed by atoms with Crippen molar-refractivity contribution in [3.05, 3.63) is 194 Å². The zero-order chi connectivity index (χ0) is 63.4. The molecule has 11 aromatic heterocycles. The van der Waals surface area contributed by atoms with Gasteiger partial charge in [0.1, 0.15) is 45.4 Å². The second-order valence-electron chi connectivity index (χ2n) is 23.6. The van der Waals surface area contributed by atoms with Gasteiger partial charge in [-0.3, -0.25) is 4.68 Å². The quantitative estimate of drug-likeness (QED) is 0.124. The molecule has 0 spiro atoms. The van der Waals surface area contributed by atoms with Crippen LogP contribution in [0.1, 0.15) is 76.7 Å². The number of hydrogen-bond donors (Lipinski definition) is 0. The van der Waals surface area contributed by atoms with Crippen molar-refractivity contribution in [2.45, 2.75) is 80.4 Å². The molecule has 0 aliphatic heterocycles. The van der Waals surface area contributed by atoms with Crippen LogP contribution in [0.5, 0.6) is 0 Å². The first kappa shape index (κ1) is 62.8. The third-order valence-corrected chi connectivity index (χ3v) is 16.8. The molecule has 0 aliphatic rings. The van der Waals surface area contributed by atoms with Crippen molar-refractivity contribution in [2.75, 3.05) is 0 Å². The first-order valence-electron chi connectivity index (χ1n) is 30.2. The summed E-state index contributed by atoms with van der Waals surface area (Å²) in [5.41, 5.74) is 17.5. The largest absolute Gasteiger partial charge is 0.446 e. The summed E-state index contributed by atoms with van der Waals surface area (Å²) in [7, 11) is 22.8. The number of aryl methyl sites for hydroxylation is 6. The van der Waals surface area contributed by atoms with Gasteiger partial charge < -0.3 is 8.98 Å². The fraction of sp³-hybridized carbons (Fsp3) is 0.329. The van der Waals surface area contributed by atoms with Crippen LogP contribution >= 0.6 is 0 Å². The van der Waals surface area contributed by atoms with Gasteiger partial charge in [-0.1, -0.05) is 18.2 Å². The van der Waals surface area contributed by atoms with Crippen LogP contribution in [0.15, 0.2) is 181 Å². The summed E-state index contributed by atoms with van der Waals surface area (Å²) in [6, 6.07) is 45.9. The van der Waals surface area contributed by atoms with E-state index in [4.69, 9.17) is 4.42 Å². The zero-order valence-electron chi connectivity index (χ0n) is 55.5. The lowest BCUT2D eigenvalue weighted by Gasteiger charge is -2.07. The lowest BCUT2D eigenvalue weighted by molar-refractivity contribution is -0.790. The highest BCUT2D eigenvalue weighted by molar-refractivity contribution is 5.62. The maximum Gasteiger partial charge on any atom is 0.446 e. The van der Waals surface area contributed by atoms with Crippen LogP contribution in [0, 0.1) is 20.8 Å². The van der Waals surface area contributed by atoms with Gasteiger partial charge in [0.15, 0.2) is 79.0 Å². The second-order valence-corrected chi connectivity index (χ2v) is 23.6. The van der Waals surface area contributed by atoms with E-state index >= 15 is 0 Å². The van der Waals surface area contributed by atoms with Gasteiger partial charge in [0, 0.05) is 85.0 Å². The number of oxazole rings is 1. The number of aromatic nitrogens is 17. The van der Waals surface area contributed by atoms with Gasteiger partial charge in [-0.05, 0) is 115 Å². The van der Waals surface area contributed by atoms with Crippen LogP contribution in [0.3, 0.4) is 0 Å². The van der Waals surface area contributed by atoms with E-state index in [9.17, 15) is 0 Å². The van der Waals surface area contributed by atoms with Gasteiger partial charge in [-0.15, -0.1) is 23.4 Å². The molecule has 0 atom stereocenters. The highest BCUT2D eigenvalue weighted by Crippen LogP contribution is 2.25. The predicted molar refractivity (Wildman–Crippen MR) is 339 cm³/mol. The van der Waals surface area contributed by atoms with Crippen molar-refractivity contribution in [2.24, 2.45) is 77.5 Å². The summed E-state index contributed by atoms with van der Waals surface area (Å²) in [6.45, 7) is 19.3. The van der Waals surface area contributed by atoms with Crippen LogP contribution in [0.25, 0.3) is 85.6 Å². The predicted octanol–water partition coefficient (Wildman–Crippen LogP) is 7.76. The van der Waals surface area contributed by atoms with E-state index < -0.39 is 0 Å². The highest BCUT2D eigenvalue weighted by atomic mass is 16.3. The minimum atomic E-state index is 0.432. The van der Waals surface area contributed by atoms with Crippen LogP contribution in [0.2, 0.25) is 0 Å². The summed E-state index contributed by atoms with van der Waals surface area (Å²) < 4.78 is 38.0. The first-order chi connectivity index (χ1) is 42.0. The number of benzene rings is 1. The van der Waals surface area contributed by atoms with Gasteiger partial charge >= 0.3 is 17.4 Å². The maximum atomic E-state index is 5.59. The molecule has 0 unspecified atom stereocenters. The zero-order valence-corrected chi connectivity index (χ0v) is 55.5. The van der Waals surface area contributed by atoms with E-state index in [2.05, 4.69) is 321 Å². The fourth-order valence-corrected chi connectivity index (χ4v) is 11.8. The molecule has 12 aromatic rings. The molecule has 0 amide bonds. The molecule has 0 bridgehead atoms. The summed E-state index contributed by atoms with van der Waals surface area (Å²) in [4.78, 5) is 4.42. The van der Waals surface area contributed by atoms with E-state index in [0.717, 1.165) is 51.7 Å². The van der Waals surface area contributed by atoms with Crippen LogP contribution < -0.4 is 41.6 Å². The molecule has 88 heavy (non-hydrogen) atoms. The monoisotopic (exact) mass is 1190 g/mol. The minimum absolute atomic E-state index is 0.432. The number of hydrogen-bond acceptors (Lipinski definition) is 3. The summed E-state index contributed by atoms with van der Waals surface area (Å²) >= 11 is 0. The SMILES string of the molecule is CC(C)[n+]1ccc(-c2cccc(-n3ccc[n+]3C)[n+]2C)n1C.Cc1cc(-c2cccc(-c3cc[n+](C(C)C)n3C)[n+]2C)n(C)n1.Cc1ccccc1-c1cccc(-c2occ[n+]2C)[n+]1C.Cc1ncc(-c2cccc(-c3cc[n+](C(C)C)n3C)[n+]2C)n1C. The third kappa shape index (κ3) is 12.6. The third-order valence-electron chi connectivity index (χ3n) is 16.8. The van der Waals surface area contributed by atoms with Crippen molar-refractivity contribution in [3.8, 4) is 85.6 Å². The molecule has 454 valence electrons. The van der Waals surface area contributed by atoms with Gasteiger partial charge in [0.05, 0.1) is 46.1 Å². The molecule has 0 radical (unpaired) electrons. The van der Waals surface area contributed by atoms with Gasteiger partial charge in [0.2, 0.25) is 40.9 Å². The molecule has 0 aliphatic carbocycles. The Kier molecular flexibility index (Phi) is 18.9. The Morgan fingerprint density at radius 2 is 0.898 bits per heavy atom. The summed E-state index contributed by atoms with van der Waals surface area (Å²) in [5, 5.41) is 4.47. The molecule has 0 saturated heterocycles. The average Bonchev–Trinajstić information content (AvgIpc) is 3.78. The number of nitrogens with zero attached hydrogens (tertiary/aromatic N) is 17. The van der Waals surface area contributed by atoms with E-state index in [1.807, 2.05) is 68.9 Å². The first-order valence-corrected chi connectivity index (χ1v) is 30.2. The van der Waals surface area contributed by atoms with Gasteiger partial charge in [0.25, 0.3) is 0 Å². The standard InChI is InChI=1S/2C18H25N5.C17H24N5.C17H18N2O/c1-13(2)23-11-10-17(22(23)6)15-8-7-9-16(21(15)5)18-12-19-14(3)20(18)4;1-13(2)23-11-10-17(22(23)6)15-8-7-9-16(20(15)4)18-12-14(3)19-21(18)5;1-14(2)21-13-10-16(20(21)5)15-8-6-9-17(19(15)4)22-12-7-11-18(22)3;1-13-7-4-5-8-14(13)15-9-6-10-16(19(15)3)17-18(2)11-12-20-17/h2*7-13H,1-6H3;6-14H,1-5H3;4-12H,1-3H3/q2*+2;+3;+2. The molecule has 18 nitrogen and oxygen atoms in total. The van der Waals surface area contributed by atoms with Gasteiger partial charge in [-0.25, -0.2) is 9.55 Å². The molecular formula is C70H92N17O+9. The summed E-state index contributed by atoms with van der Waals surface area (Å²) in [6.07, 6.45) is 16.1.